The van der Waals surface area contributed by atoms with Crippen LogP contribution in [0.15, 0.2) is 16.6 Å². The summed E-state index contributed by atoms with van der Waals surface area (Å²) >= 11 is 0. The molecule has 17 heavy (non-hydrogen) atoms. The van der Waals surface area contributed by atoms with Gasteiger partial charge in [-0.25, -0.2) is 0 Å². The molecule has 0 amide bonds. The molecule has 0 unspecified atom stereocenters. The van der Waals surface area contributed by atoms with Gasteiger partial charge in [-0.3, -0.25) is 0 Å². The number of nitriles is 2. The fraction of sp³-hybridized carbons (Fsp3) is 0.167. The van der Waals surface area contributed by atoms with Crippen LogP contribution in [0.5, 0.6) is 11.5 Å². The second-order valence-electron chi connectivity index (χ2n) is 2.82. The van der Waals surface area contributed by atoms with Crippen molar-refractivity contribution in [2.45, 2.75) is 0 Å². The summed E-state index contributed by atoms with van der Waals surface area (Å²) in [7, 11) is 2.93. The van der Waals surface area contributed by atoms with Gasteiger partial charge in [0.25, 0.3) is 0 Å². The van der Waals surface area contributed by atoms with Gasteiger partial charge >= 0.3 is 0 Å². The van der Waals surface area contributed by atoms with Gasteiger partial charge in [0.15, 0.2) is 11.5 Å². The summed E-state index contributed by atoms with van der Waals surface area (Å²) in [4.78, 5) is 0. The van der Waals surface area contributed by atoms with Crippen molar-refractivity contribution >= 4 is 12.2 Å². The number of nitrogens with zero attached hydrogens (tertiary/aromatic N) is 2. The lowest BCUT2D eigenvalue weighted by Crippen LogP contribution is -1.88. The van der Waals surface area contributed by atoms with Gasteiger partial charge < -0.3 is 13.9 Å². The number of methoxy groups -OCH3 is 2. The topological polar surface area (TPSA) is 79.2 Å². The summed E-state index contributed by atoms with van der Waals surface area (Å²) in [6.07, 6.45) is 5.45. The Labute approximate surface area is 98.8 Å². The minimum Gasteiger partial charge on any atom is -0.490 e. The molecule has 0 bridgehead atoms. The van der Waals surface area contributed by atoms with Gasteiger partial charge in [0, 0.05) is 12.2 Å². The van der Waals surface area contributed by atoms with Gasteiger partial charge in [0.05, 0.1) is 26.4 Å². The van der Waals surface area contributed by atoms with Crippen molar-refractivity contribution in [2.75, 3.05) is 14.2 Å². The predicted octanol–water partition coefficient (Wildman–Crippen LogP) is 2.37. The summed E-state index contributed by atoms with van der Waals surface area (Å²) in [5.74, 6) is 1.50. The van der Waals surface area contributed by atoms with Crippen LogP contribution in [0.1, 0.15) is 11.5 Å². The van der Waals surface area contributed by atoms with E-state index in [1.165, 1.54) is 38.5 Å². The largest absolute Gasteiger partial charge is 0.490 e. The summed E-state index contributed by atoms with van der Waals surface area (Å²) < 4.78 is 15.7. The minimum atomic E-state index is 0.364. The second kappa shape index (κ2) is 6.04. The van der Waals surface area contributed by atoms with E-state index in [2.05, 4.69) is 0 Å². The van der Waals surface area contributed by atoms with Crippen LogP contribution in [0, 0.1) is 22.7 Å². The maximum atomic E-state index is 8.46. The summed E-state index contributed by atoms with van der Waals surface area (Å²) in [6.45, 7) is 0. The zero-order valence-corrected chi connectivity index (χ0v) is 9.43. The lowest BCUT2D eigenvalue weighted by molar-refractivity contribution is 0.357. The number of allylic oxidation sites excluding steroid dienone is 2. The van der Waals surface area contributed by atoms with Crippen LogP contribution in [-0.2, 0) is 0 Å². The molecule has 0 atom stereocenters. The first-order valence-corrected chi connectivity index (χ1v) is 4.65. The minimum absolute atomic E-state index is 0.364. The zero-order chi connectivity index (χ0) is 12.7. The first kappa shape index (κ1) is 12.4. The molecular formula is C12H10N2O3. The first-order valence-electron chi connectivity index (χ1n) is 4.65. The average Bonchev–Trinajstić information content (AvgIpc) is 2.70. The Bertz CT molecular complexity index is 481. The number of rotatable bonds is 4. The summed E-state index contributed by atoms with van der Waals surface area (Å²) in [6, 6.07) is 3.70. The van der Waals surface area contributed by atoms with E-state index in [4.69, 9.17) is 24.4 Å². The van der Waals surface area contributed by atoms with E-state index in [0.29, 0.717) is 23.0 Å². The molecule has 0 spiro atoms. The highest BCUT2D eigenvalue weighted by molar-refractivity contribution is 5.67. The first-order chi connectivity index (χ1) is 8.28. The second-order valence-corrected chi connectivity index (χ2v) is 2.82. The van der Waals surface area contributed by atoms with Crippen molar-refractivity contribution < 1.29 is 13.9 Å². The summed E-state index contributed by atoms with van der Waals surface area (Å²) in [5.41, 5.74) is 0. The highest BCUT2D eigenvalue weighted by atomic mass is 16.5. The zero-order valence-electron chi connectivity index (χ0n) is 9.43. The number of ether oxygens (including phenoxy) is 2. The Morgan fingerprint density at radius 3 is 1.65 bits per heavy atom. The molecule has 0 fully saturated rings. The molecular weight excluding hydrogens is 220 g/mol. The standard InChI is InChI=1S/C12H10N2O3/c1-15-11-9(5-3-7-13)17-10(6-4-8-14)12(11)16-2/h3-6H,1-2H3. The third-order valence-electron chi connectivity index (χ3n) is 1.90. The molecule has 1 rings (SSSR count). The highest BCUT2D eigenvalue weighted by Gasteiger charge is 2.18. The van der Waals surface area contributed by atoms with Gasteiger partial charge in [-0.05, 0) is 12.2 Å². The third kappa shape index (κ3) is 2.67. The molecule has 5 nitrogen and oxygen atoms in total. The number of hydrogen-bond donors (Lipinski definition) is 0. The van der Waals surface area contributed by atoms with Gasteiger partial charge in [0.1, 0.15) is 0 Å². The highest BCUT2D eigenvalue weighted by Crippen LogP contribution is 2.39. The molecule has 1 aromatic heterocycles. The molecule has 0 saturated heterocycles. The van der Waals surface area contributed by atoms with Gasteiger partial charge in [-0.1, -0.05) is 0 Å². The van der Waals surface area contributed by atoms with Crippen molar-refractivity contribution in [3.05, 3.63) is 23.7 Å². The van der Waals surface area contributed by atoms with Gasteiger partial charge in [0.2, 0.25) is 11.5 Å². The Hall–Kier alpha value is -2.66. The molecule has 0 aromatic carbocycles. The average molecular weight is 230 g/mol. The smallest absolute Gasteiger partial charge is 0.207 e. The van der Waals surface area contributed by atoms with Crippen molar-refractivity contribution in [3.8, 4) is 23.6 Å². The maximum Gasteiger partial charge on any atom is 0.207 e. The van der Waals surface area contributed by atoms with Crippen molar-refractivity contribution in [1.29, 1.82) is 10.5 Å². The fourth-order valence-corrected chi connectivity index (χ4v) is 1.27. The Kier molecular flexibility index (Phi) is 4.41. The van der Waals surface area contributed by atoms with E-state index < -0.39 is 0 Å². The Balaban J connectivity index is 3.29. The van der Waals surface area contributed by atoms with E-state index in [9.17, 15) is 0 Å². The molecule has 0 N–H and O–H groups in total. The molecule has 0 aliphatic rings. The molecule has 86 valence electrons. The van der Waals surface area contributed by atoms with Crippen LogP contribution in [0.2, 0.25) is 0 Å². The lowest BCUT2D eigenvalue weighted by atomic mass is 10.3. The van der Waals surface area contributed by atoms with E-state index in [1.807, 2.05) is 12.1 Å². The van der Waals surface area contributed by atoms with Gasteiger partial charge in [-0.2, -0.15) is 10.5 Å². The summed E-state index contributed by atoms with van der Waals surface area (Å²) in [5, 5.41) is 16.9. The number of hydrogen-bond acceptors (Lipinski definition) is 5. The molecule has 1 heterocycles. The Morgan fingerprint density at radius 1 is 0.941 bits per heavy atom. The monoisotopic (exact) mass is 230 g/mol. The van der Waals surface area contributed by atoms with Crippen LogP contribution in [0.3, 0.4) is 0 Å². The lowest BCUT2D eigenvalue weighted by Gasteiger charge is -2.00. The normalized spacial score (nSPS) is 10.4. The molecule has 0 saturated carbocycles. The molecule has 1 aromatic rings. The number of furan rings is 1. The van der Waals surface area contributed by atoms with Crippen LogP contribution >= 0.6 is 0 Å². The van der Waals surface area contributed by atoms with Crippen molar-refractivity contribution in [3.63, 3.8) is 0 Å². The quantitative estimate of drug-likeness (QED) is 0.742. The predicted molar refractivity (Wildman–Crippen MR) is 61.1 cm³/mol. The SMILES string of the molecule is COc1c(C=CC#N)oc(C=CC#N)c1OC. The molecule has 5 heteroatoms. The van der Waals surface area contributed by atoms with Gasteiger partial charge in [-0.15, -0.1) is 0 Å². The van der Waals surface area contributed by atoms with E-state index in [1.54, 1.807) is 0 Å². The third-order valence-corrected chi connectivity index (χ3v) is 1.90. The van der Waals surface area contributed by atoms with Crippen LogP contribution in [0.4, 0.5) is 0 Å². The van der Waals surface area contributed by atoms with E-state index in [0.717, 1.165) is 0 Å². The van der Waals surface area contributed by atoms with Crippen LogP contribution < -0.4 is 9.47 Å². The maximum absolute atomic E-state index is 8.46. The Morgan fingerprint density at radius 2 is 1.35 bits per heavy atom. The van der Waals surface area contributed by atoms with Crippen LogP contribution in [0.25, 0.3) is 12.2 Å². The molecule has 0 aliphatic heterocycles. The van der Waals surface area contributed by atoms with E-state index in [-0.39, 0.29) is 0 Å². The molecule has 0 radical (unpaired) electrons. The van der Waals surface area contributed by atoms with Crippen LogP contribution in [-0.4, -0.2) is 14.2 Å². The van der Waals surface area contributed by atoms with Crippen molar-refractivity contribution in [1.82, 2.24) is 0 Å². The van der Waals surface area contributed by atoms with Crippen molar-refractivity contribution in [2.24, 2.45) is 0 Å². The molecule has 0 aliphatic carbocycles. The fourth-order valence-electron chi connectivity index (χ4n) is 1.27. The van der Waals surface area contributed by atoms with E-state index >= 15 is 0 Å².